The van der Waals surface area contributed by atoms with Crippen molar-refractivity contribution in [1.82, 2.24) is 0 Å². The summed E-state index contributed by atoms with van der Waals surface area (Å²) in [6.07, 6.45) is 0. The van der Waals surface area contributed by atoms with Crippen LogP contribution in [0.2, 0.25) is 10.0 Å². The van der Waals surface area contributed by atoms with Gasteiger partial charge in [-0.2, -0.15) is 0 Å². The van der Waals surface area contributed by atoms with Crippen molar-refractivity contribution in [2.45, 2.75) is 9.79 Å². The molecule has 4 rings (SSSR count). The summed E-state index contributed by atoms with van der Waals surface area (Å²) in [6, 6.07) is 19.2. The van der Waals surface area contributed by atoms with Crippen molar-refractivity contribution >= 4 is 44.8 Å². The first kappa shape index (κ1) is 18.2. The van der Waals surface area contributed by atoms with Gasteiger partial charge in [-0.25, -0.2) is 4.99 Å². The fourth-order valence-electron chi connectivity index (χ4n) is 2.77. The maximum absolute atomic E-state index is 14.0. The Morgan fingerprint density at radius 2 is 1.56 bits per heavy atom. The second-order valence-electron chi connectivity index (χ2n) is 5.85. The highest BCUT2D eigenvalue weighted by atomic mass is 35.5. The van der Waals surface area contributed by atoms with E-state index in [4.69, 9.17) is 27.9 Å². The molecule has 0 fully saturated rings. The lowest BCUT2D eigenvalue weighted by Crippen LogP contribution is -2.18. The maximum atomic E-state index is 14.0. The lowest BCUT2D eigenvalue weighted by molar-refractivity contribution is 0.415. The van der Waals surface area contributed by atoms with Gasteiger partial charge in [-0.1, -0.05) is 27.6 Å². The van der Waals surface area contributed by atoms with Crippen molar-refractivity contribution in [3.63, 3.8) is 0 Å². The highest BCUT2D eigenvalue weighted by Gasteiger charge is 2.30. The van der Waals surface area contributed by atoms with Crippen LogP contribution >= 0.6 is 23.2 Å². The first-order valence-electron chi connectivity index (χ1n) is 8.05. The van der Waals surface area contributed by atoms with Gasteiger partial charge in [-0.15, -0.1) is 0 Å². The van der Waals surface area contributed by atoms with Gasteiger partial charge in [0.2, 0.25) is 5.84 Å². The van der Waals surface area contributed by atoms with Crippen molar-refractivity contribution in [2.24, 2.45) is 9.36 Å². The number of fused-ring (bicyclic) bond motifs is 1. The zero-order valence-corrected chi connectivity index (χ0v) is 16.6. The maximum Gasteiger partial charge on any atom is 0.206 e. The molecular weight excluding hydrogens is 403 g/mol. The first-order chi connectivity index (χ1) is 13.0. The molecule has 7 heteroatoms. The first-order valence-corrected chi connectivity index (χ1v) is 10.3. The molecule has 0 saturated carbocycles. The van der Waals surface area contributed by atoms with Gasteiger partial charge in [0.15, 0.2) is 4.90 Å². The molecule has 1 aliphatic heterocycles. The summed E-state index contributed by atoms with van der Waals surface area (Å²) in [5, 5.41) is 1.09. The number of hydrogen-bond donors (Lipinski definition) is 0. The van der Waals surface area contributed by atoms with Gasteiger partial charge in [-0.3, -0.25) is 0 Å². The van der Waals surface area contributed by atoms with Crippen LogP contribution in [0.4, 0.5) is 5.69 Å². The minimum Gasteiger partial charge on any atom is -0.621 e. The SMILES string of the molecule is COc1ccc(C2=Nc3cc(Cl)ccc3[S+]([O-])(c3ccc(Cl)cc3)=N2)cc1. The Hall–Kier alpha value is -2.18. The Bertz CT molecular complexity index is 1090. The van der Waals surface area contributed by atoms with Gasteiger partial charge in [-0.05, 0) is 66.7 Å². The molecule has 0 N–H and O–H groups in total. The molecule has 3 aromatic carbocycles. The third-order valence-electron chi connectivity index (χ3n) is 4.14. The van der Waals surface area contributed by atoms with Crippen LogP contribution < -0.4 is 4.74 Å². The van der Waals surface area contributed by atoms with E-state index < -0.39 is 10.1 Å². The quantitative estimate of drug-likeness (QED) is 0.493. The molecular formula is C20H14Cl2N2O2S. The van der Waals surface area contributed by atoms with Crippen LogP contribution in [-0.2, 0) is 10.1 Å². The summed E-state index contributed by atoms with van der Waals surface area (Å²) in [5.74, 6) is 1.10. The standard InChI is InChI=1S/C20H14Cl2N2O2S/c1-26-16-7-2-13(3-8-16)20-23-18-12-15(22)6-11-19(18)27(25,24-20)17-9-4-14(21)5-10-17/h2-12H,1H3. The van der Waals surface area contributed by atoms with E-state index >= 15 is 0 Å². The predicted molar refractivity (Wildman–Crippen MR) is 109 cm³/mol. The molecule has 136 valence electrons. The highest BCUT2D eigenvalue weighted by molar-refractivity contribution is 8.00. The van der Waals surface area contributed by atoms with E-state index in [1.165, 1.54) is 0 Å². The zero-order valence-electron chi connectivity index (χ0n) is 14.2. The smallest absolute Gasteiger partial charge is 0.206 e. The Morgan fingerprint density at radius 1 is 0.889 bits per heavy atom. The van der Waals surface area contributed by atoms with E-state index in [9.17, 15) is 4.55 Å². The predicted octanol–water partition coefficient (Wildman–Crippen LogP) is 5.98. The minimum atomic E-state index is -2.93. The van der Waals surface area contributed by atoms with Crippen LogP contribution in [0.1, 0.15) is 5.56 Å². The van der Waals surface area contributed by atoms with E-state index in [1.54, 1.807) is 49.6 Å². The van der Waals surface area contributed by atoms with Crippen LogP contribution in [0, 0.1) is 0 Å². The average molecular weight is 417 g/mol. The average Bonchev–Trinajstić information content (AvgIpc) is 2.68. The topological polar surface area (TPSA) is 57.0 Å². The van der Waals surface area contributed by atoms with Crippen molar-refractivity contribution in [3.05, 3.63) is 82.3 Å². The summed E-state index contributed by atoms with van der Waals surface area (Å²) in [5.41, 5.74) is 1.28. The molecule has 1 heterocycles. The molecule has 0 aromatic heterocycles. The van der Waals surface area contributed by atoms with Crippen molar-refractivity contribution in [2.75, 3.05) is 7.11 Å². The van der Waals surface area contributed by atoms with Crippen LogP contribution in [0.5, 0.6) is 5.75 Å². The Morgan fingerprint density at radius 3 is 2.22 bits per heavy atom. The van der Waals surface area contributed by atoms with Gasteiger partial charge in [0, 0.05) is 25.7 Å². The summed E-state index contributed by atoms with van der Waals surface area (Å²) in [6.45, 7) is 0. The number of benzene rings is 3. The Labute approximate surface area is 168 Å². The fourth-order valence-corrected chi connectivity index (χ4v) is 5.06. The van der Waals surface area contributed by atoms with Gasteiger partial charge < -0.3 is 9.29 Å². The van der Waals surface area contributed by atoms with E-state index in [-0.39, 0.29) is 0 Å². The summed E-state index contributed by atoms with van der Waals surface area (Å²) in [4.78, 5) is 5.69. The molecule has 3 aromatic rings. The fraction of sp³-hybridized carbons (Fsp3) is 0.0500. The third-order valence-corrected chi connectivity index (χ3v) is 6.91. The monoisotopic (exact) mass is 416 g/mol. The highest BCUT2D eigenvalue weighted by Crippen LogP contribution is 2.41. The van der Waals surface area contributed by atoms with Crippen LogP contribution in [0.25, 0.3) is 0 Å². The molecule has 0 radical (unpaired) electrons. The molecule has 1 unspecified atom stereocenters. The molecule has 0 spiro atoms. The number of rotatable bonds is 3. The second kappa shape index (κ2) is 7.09. The molecule has 1 atom stereocenters. The van der Waals surface area contributed by atoms with Crippen molar-refractivity contribution in [1.29, 1.82) is 0 Å². The van der Waals surface area contributed by atoms with Crippen molar-refractivity contribution < 1.29 is 9.29 Å². The number of halogens is 2. The van der Waals surface area contributed by atoms with Crippen LogP contribution in [-0.4, -0.2) is 17.5 Å². The van der Waals surface area contributed by atoms with E-state index in [1.807, 2.05) is 24.3 Å². The van der Waals surface area contributed by atoms with E-state index in [0.717, 1.165) is 11.3 Å². The summed E-state index contributed by atoms with van der Waals surface area (Å²) >= 11 is 12.1. The second-order valence-corrected chi connectivity index (χ2v) is 8.87. The molecule has 0 saturated heterocycles. The zero-order chi connectivity index (χ0) is 19.0. The number of methoxy groups -OCH3 is 1. The van der Waals surface area contributed by atoms with Gasteiger partial charge >= 0.3 is 0 Å². The number of nitrogens with zero attached hydrogens (tertiary/aromatic N) is 2. The van der Waals surface area contributed by atoms with Crippen LogP contribution in [0.15, 0.2) is 85.9 Å². The lowest BCUT2D eigenvalue weighted by atomic mass is 10.2. The molecule has 4 nitrogen and oxygen atoms in total. The Kier molecular flexibility index (Phi) is 4.78. The Balaban J connectivity index is 1.94. The third kappa shape index (κ3) is 3.39. The molecule has 0 amide bonds. The summed E-state index contributed by atoms with van der Waals surface area (Å²) < 4.78 is 23.8. The number of amidine groups is 1. The van der Waals surface area contributed by atoms with Gasteiger partial charge in [0.05, 0.1) is 7.11 Å². The van der Waals surface area contributed by atoms with Gasteiger partial charge in [0.1, 0.15) is 16.3 Å². The normalized spacial score (nSPS) is 18.3. The number of hydrogen-bond acceptors (Lipinski definition) is 4. The molecule has 0 bridgehead atoms. The molecule has 0 aliphatic carbocycles. The molecule has 1 aliphatic rings. The number of aliphatic imine (C=N–C) groups is 1. The van der Waals surface area contributed by atoms with Crippen LogP contribution in [0.3, 0.4) is 0 Å². The lowest BCUT2D eigenvalue weighted by Gasteiger charge is -2.26. The molecule has 27 heavy (non-hydrogen) atoms. The van der Waals surface area contributed by atoms with Crippen molar-refractivity contribution in [3.8, 4) is 5.75 Å². The number of ether oxygens (including phenoxy) is 1. The van der Waals surface area contributed by atoms with Gasteiger partial charge in [0.25, 0.3) is 0 Å². The van der Waals surface area contributed by atoms with E-state index in [0.29, 0.717) is 31.4 Å². The largest absolute Gasteiger partial charge is 0.621 e. The summed E-state index contributed by atoms with van der Waals surface area (Å²) in [7, 11) is -1.33. The van der Waals surface area contributed by atoms with E-state index in [2.05, 4.69) is 9.36 Å². The minimum absolute atomic E-state index is 0.382.